The second-order valence-electron chi connectivity index (χ2n) is 13.5. The number of hydrogen-bond donors (Lipinski definition) is 0. The van der Waals surface area contributed by atoms with Crippen LogP contribution in [0.25, 0.3) is 76.1 Å². The fraction of sp³-hybridized carbons (Fsp3) is 0.0455. The number of halogens is 4. The zero-order valence-corrected chi connectivity index (χ0v) is 34.3. The molecule has 2 atom stereocenters. The Labute approximate surface area is 358 Å². The quantitative estimate of drug-likeness (QED) is 0.158. The predicted molar refractivity (Wildman–Crippen MR) is 236 cm³/mol. The molecule has 6 heterocycles. The Morgan fingerprint density at radius 1 is 0.517 bits per heavy atom. The van der Waals surface area contributed by atoms with Gasteiger partial charge < -0.3 is 0 Å². The minimum absolute atomic E-state index is 0.386. The number of rotatable bonds is 7. The van der Waals surface area contributed by atoms with Crippen molar-refractivity contribution in [2.45, 2.75) is 11.8 Å². The molecule has 0 fully saturated rings. The summed E-state index contributed by atoms with van der Waals surface area (Å²) in [5.41, 5.74) is 8.75. The Morgan fingerprint density at radius 3 is 1.34 bits per heavy atom. The van der Waals surface area contributed by atoms with Crippen LogP contribution in [0.2, 0.25) is 20.1 Å². The molecule has 0 bridgehead atoms. The van der Waals surface area contributed by atoms with Crippen LogP contribution in [0.4, 0.5) is 0 Å². The van der Waals surface area contributed by atoms with Gasteiger partial charge in [0.1, 0.15) is 23.7 Å². The zero-order chi connectivity index (χ0) is 39.7. The van der Waals surface area contributed by atoms with E-state index in [2.05, 4.69) is 32.1 Å². The van der Waals surface area contributed by atoms with Crippen molar-refractivity contribution in [2.75, 3.05) is 0 Å². The molecule has 4 aromatic carbocycles. The number of aromatic nitrogens is 6. The first-order valence-electron chi connectivity index (χ1n) is 17.7. The Bertz CT molecular complexity index is 3120. The number of hydrogen-bond acceptors (Lipinski definition) is 8. The summed E-state index contributed by atoms with van der Waals surface area (Å²) in [6.45, 7) is 0. The van der Waals surface area contributed by atoms with Gasteiger partial charge in [-0.15, -0.1) is 22.7 Å². The van der Waals surface area contributed by atoms with Gasteiger partial charge in [0.05, 0.1) is 89.9 Å². The lowest BCUT2D eigenvalue weighted by Gasteiger charge is -2.19. The number of imidazole rings is 2. The fourth-order valence-corrected chi connectivity index (χ4v) is 10.2. The maximum atomic E-state index is 10.5. The molecular formula is C44H22Cl4N8S2. The van der Waals surface area contributed by atoms with E-state index in [1.165, 1.54) is 0 Å². The van der Waals surface area contributed by atoms with Gasteiger partial charge in [-0.1, -0.05) is 70.7 Å². The van der Waals surface area contributed by atoms with Gasteiger partial charge in [-0.05, 0) is 82.6 Å². The van der Waals surface area contributed by atoms with Gasteiger partial charge in [0.2, 0.25) is 0 Å². The van der Waals surface area contributed by atoms with E-state index >= 15 is 0 Å². The fourth-order valence-electron chi connectivity index (χ4n) is 7.54. The summed E-state index contributed by atoms with van der Waals surface area (Å²) in [5.74, 6) is -1.72. The second kappa shape index (κ2) is 14.5. The van der Waals surface area contributed by atoms with Crippen molar-refractivity contribution < 1.29 is 0 Å². The van der Waals surface area contributed by atoms with E-state index in [0.717, 1.165) is 53.7 Å². The van der Waals surface area contributed by atoms with Crippen LogP contribution in [-0.4, -0.2) is 29.1 Å². The molecule has 0 saturated carbocycles. The molecule has 0 aliphatic carbocycles. The lowest BCUT2D eigenvalue weighted by molar-refractivity contribution is 0.760. The van der Waals surface area contributed by atoms with Crippen molar-refractivity contribution in [3.05, 3.63) is 152 Å². The van der Waals surface area contributed by atoms with Gasteiger partial charge >= 0.3 is 0 Å². The van der Waals surface area contributed by atoms with E-state index in [0.29, 0.717) is 53.6 Å². The normalized spacial score (nSPS) is 12.7. The molecule has 10 rings (SSSR count). The third-order valence-corrected chi connectivity index (χ3v) is 13.3. The maximum Gasteiger partial charge on any atom is 0.108 e. The summed E-state index contributed by atoms with van der Waals surface area (Å²) in [6.07, 6.45) is 6.83. The third kappa shape index (κ3) is 6.00. The summed E-state index contributed by atoms with van der Waals surface area (Å²) >= 11 is 30.7. The van der Waals surface area contributed by atoms with Gasteiger partial charge in [-0.25, -0.2) is 9.97 Å². The molecule has 0 amide bonds. The van der Waals surface area contributed by atoms with E-state index in [4.69, 9.17) is 46.4 Å². The highest BCUT2D eigenvalue weighted by Gasteiger charge is 2.27. The SMILES string of the molecule is N#CC(c1ccc(-n2cnc3cnc4cc(Cl)c(-c5cccs5)cc4c32)c(Cl)c1)C(C#N)c1ccc(-n2cnc3cnc4cc(Cl)c(-c5cccs5)cc4c32)c(Cl)c1. The highest BCUT2D eigenvalue weighted by atomic mass is 35.5. The summed E-state index contributed by atoms with van der Waals surface area (Å²) < 4.78 is 3.83. The van der Waals surface area contributed by atoms with E-state index < -0.39 is 11.8 Å². The first-order chi connectivity index (χ1) is 28.3. The van der Waals surface area contributed by atoms with Crippen LogP contribution in [-0.2, 0) is 0 Å². The Balaban J connectivity index is 1.00. The second-order valence-corrected chi connectivity index (χ2v) is 17.0. The number of nitriles is 2. The van der Waals surface area contributed by atoms with Crippen molar-refractivity contribution in [1.29, 1.82) is 10.5 Å². The molecule has 6 aromatic heterocycles. The molecule has 0 radical (unpaired) electrons. The Kier molecular flexibility index (Phi) is 9.15. The van der Waals surface area contributed by atoms with Crippen molar-refractivity contribution in [2.24, 2.45) is 0 Å². The molecule has 2 unspecified atom stereocenters. The van der Waals surface area contributed by atoms with Gasteiger partial charge in [-0.3, -0.25) is 19.1 Å². The molecule has 8 nitrogen and oxygen atoms in total. The molecular weight excluding hydrogens is 846 g/mol. The summed E-state index contributed by atoms with van der Waals surface area (Å²) in [7, 11) is 0. The maximum absolute atomic E-state index is 10.5. The van der Waals surface area contributed by atoms with Crippen LogP contribution in [0.1, 0.15) is 23.0 Å². The van der Waals surface area contributed by atoms with Crippen molar-refractivity contribution in [3.63, 3.8) is 0 Å². The number of benzene rings is 4. The lowest BCUT2D eigenvalue weighted by atomic mass is 9.83. The first kappa shape index (κ1) is 36.5. The van der Waals surface area contributed by atoms with E-state index in [1.54, 1.807) is 59.9 Å². The highest BCUT2D eigenvalue weighted by molar-refractivity contribution is 7.14. The first-order valence-corrected chi connectivity index (χ1v) is 21.0. The smallest absolute Gasteiger partial charge is 0.108 e. The van der Waals surface area contributed by atoms with Crippen molar-refractivity contribution >= 4 is 113 Å². The molecule has 10 aromatic rings. The highest BCUT2D eigenvalue weighted by Crippen LogP contribution is 2.41. The van der Waals surface area contributed by atoms with Crippen LogP contribution < -0.4 is 0 Å². The van der Waals surface area contributed by atoms with Gasteiger partial charge in [0, 0.05) is 31.7 Å². The van der Waals surface area contributed by atoms with Crippen molar-refractivity contribution in [3.8, 4) is 44.4 Å². The predicted octanol–water partition coefficient (Wildman–Crippen LogP) is 13.4. The minimum Gasteiger partial charge on any atom is -0.297 e. The van der Waals surface area contributed by atoms with Gasteiger partial charge in [-0.2, -0.15) is 10.5 Å². The Hall–Kier alpha value is -5.82. The molecule has 0 N–H and O–H groups in total. The zero-order valence-electron chi connectivity index (χ0n) is 29.6. The third-order valence-electron chi connectivity index (χ3n) is 10.3. The Morgan fingerprint density at radius 2 is 0.966 bits per heavy atom. The molecule has 14 heteroatoms. The molecule has 58 heavy (non-hydrogen) atoms. The number of pyridine rings is 2. The summed E-state index contributed by atoms with van der Waals surface area (Å²) in [5, 5.41) is 28.8. The molecule has 0 aliphatic heterocycles. The van der Waals surface area contributed by atoms with Crippen LogP contribution in [0.3, 0.4) is 0 Å². The average molecular weight is 869 g/mol. The molecule has 0 saturated heterocycles. The average Bonchev–Trinajstić information content (AvgIpc) is 4.07. The van der Waals surface area contributed by atoms with Crippen LogP contribution in [0.5, 0.6) is 0 Å². The van der Waals surface area contributed by atoms with E-state index in [1.807, 2.05) is 92.7 Å². The minimum atomic E-state index is -0.858. The van der Waals surface area contributed by atoms with E-state index in [-0.39, 0.29) is 0 Å². The topological polar surface area (TPSA) is 109 Å². The summed E-state index contributed by atoms with van der Waals surface area (Å²) in [6, 6.07) is 31.4. The number of fused-ring (bicyclic) bond motifs is 6. The van der Waals surface area contributed by atoms with Crippen LogP contribution >= 0.6 is 69.1 Å². The summed E-state index contributed by atoms with van der Waals surface area (Å²) in [4.78, 5) is 20.6. The van der Waals surface area contributed by atoms with Crippen molar-refractivity contribution in [1.82, 2.24) is 29.1 Å². The number of thiophene rings is 2. The molecule has 278 valence electrons. The molecule has 0 aliphatic rings. The monoisotopic (exact) mass is 866 g/mol. The van der Waals surface area contributed by atoms with Gasteiger partial charge in [0.15, 0.2) is 0 Å². The van der Waals surface area contributed by atoms with E-state index in [9.17, 15) is 10.5 Å². The van der Waals surface area contributed by atoms with Gasteiger partial charge in [0.25, 0.3) is 0 Å². The lowest BCUT2D eigenvalue weighted by Crippen LogP contribution is -2.09. The molecule has 0 spiro atoms. The number of nitrogens with zero attached hydrogens (tertiary/aromatic N) is 8. The standard InChI is InChI=1S/C44H22Cl4N8S2/c45-31-15-35-27(13-25(31)41-3-1-9-57-41)43-37(19-51-35)53-21-55(43)39-7-5-23(11-33(39)47)29(17-49)30(18-50)24-6-8-40(34(48)12-24)56-22-54-38-20-52-36-16-32(46)26(14-28(36)44(38)56)42-4-2-10-58-42/h1-16,19-22,29-30H. The largest absolute Gasteiger partial charge is 0.297 e. The van der Waals surface area contributed by atoms with Crippen LogP contribution in [0.15, 0.2) is 121 Å². The van der Waals surface area contributed by atoms with Crippen LogP contribution in [0, 0.1) is 22.7 Å².